The summed E-state index contributed by atoms with van der Waals surface area (Å²) in [7, 11) is -3.37. The van der Waals surface area contributed by atoms with Crippen LogP contribution in [0, 0.1) is 5.92 Å². The van der Waals surface area contributed by atoms with Gasteiger partial charge in [-0.25, -0.2) is 8.42 Å². The van der Waals surface area contributed by atoms with E-state index in [1.54, 1.807) is 12.1 Å². The van der Waals surface area contributed by atoms with Gasteiger partial charge in [-0.2, -0.15) is 0 Å². The van der Waals surface area contributed by atoms with Crippen molar-refractivity contribution < 1.29 is 13.2 Å². The number of para-hydroxylation sites is 1. The first-order chi connectivity index (χ1) is 13.6. The number of sulfone groups is 1. The minimum absolute atomic E-state index is 0.117. The van der Waals surface area contributed by atoms with Crippen LogP contribution in [-0.4, -0.2) is 51.2 Å². The maximum atomic E-state index is 12.5. The largest absolute Gasteiger partial charge is 0.397 e. The molecule has 2 fully saturated rings. The maximum Gasteiger partial charge on any atom is 0.234 e. The minimum atomic E-state index is -3.37. The molecule has 2 atom stereocenters. The zero-order valence-corrected chi connectivity index (χ0v) is 18.7. The fourth-order valence-corrected chi connectivity index (χ4v) is 5.78. The molecule has 0 aromatic heterocycles. The second kappa shape index (κ2) is 8.64. The normalized spacial score (nSPS) is 26.9. The number of likely N-dealkylation sites (tertiary alicyclic amines) is 1. The van der Waals surface area contributed by atoms with Gasteiger partial charge in [0.25, 0.3) is 0 Å². The number of nitrogens with zero attached hydrogens (tertiary/aromatic N) is 1. The van der Waals surface area contributed by atoms with Gasteiger partial charge in [-0.15, -0.1) is 0 Å². The number of carbonyl (C=O) groups excluding carboxylic acids is 1. The van der Waals surface area contributed by atoms with Crippen LogP contribution in [-0.2, 0) is 20.0 Å². The molecule has 162 valence electrons. The first-order valence-corrected chi connectivity index (χ1v) is 12.6. The highest BCUT2D eigenvalue weighted by Crippen LogP contribution is 2.43. The number of nitrogens with two attached hydrogens (primary N) is 1. The van der Waals surface area contributed by atoms with E-state index in [0.717, 1.165) is 37.9 Å². The van der Waals surface area contributed by atoms with Crippen molar-refractivity contribution in [3.8, 4) is 0 Å². The van der Waals surface area contributed by atoms with E-state index in [-0.39, 0.29) is 22.1 Å². The van der Waals surface area contributed by atoms with E-state index in [1.165, 1.54) is 25.5 Å². The molecule has 1 aromatic carbocycles. The monoisotopic (exact) mass is 421 g/mol. The van der Waals surface area contributed by atoms with Crippen molar-refractivity contribution in [2.45, 2.75) is 68.7 Å². The fourth-order valence-electron chi connectivity index (χ4n) is 4.95. The van der Waals surface area contributed by atoms with Crippen molar-refractivity contribution in [2.24, 2.45) is 5.92 Å². The number of hydrogen-bond acceptors (Lipinski definition) is 5. The third-order valence-electron chi connectivity index (χ3n) is 6.99. The van der Waals surface area contributed by atoms with E-state index in [1.807, 2.05) is 6.07 Å². The molecule has 0 spiro atoms. The van der Waals surface area contributed by atoms with E-state index in [0.29, 0.717) is 18.3 Å². The van der Waals surface area contributed by atoms with E-state index >= 15 is 0 Å². The third-order valence-corrected chi connectivity index (χ3v) is 8.14. The second-order valence-electron chi connectivity index (χ2n) is 9.20. The second-order valence-corrected chi connectivity index (χ2v) is 11.2. The lowest BCUT2D eigenvalue weighted by atomic mass is 9.67. The molecule has 2 unspecified atom stereocenters. The Morgan fingerprint density at radius 3 is 2.59 bits per heavy atom. The summed E-state index contributed by atoms with van der Waals surface area (Å²) in [6.45, 7) is 6.33. The summed E-state index contributed by atoms with van der Waals surface area (Å²) in [4.78, 5) is 14.9. The Morgan fingerprint density at radius 1 is 1.28 bits per heavy atom. The molecule has 1 saturated heterocycles. The number of benzene rings is 1. The number of carbonyl (C=O) groups is 1. The molecule has 3 rings (SSSR count). The average molecular weight is 422 g/mol. The Kier molecular flexibility index (Phi) is 6.58. The van der Waals surface area contributed by atoms with Gasteiger partial charge in [0.1, 0.15) is 0 Å². The number of hydrogen-bond donors (Lipinski definition) is 2. The molecule has 0 radical (unpaired) electrons. The highest BCUT2D eigenvalue weighted by Gasteiger charge is 2.40. The number of anilines is 1. The molecule has 1 aliphatic heterocycles. The molecule has 0 bridgehead atoms. The first kappa shape index (κ1) is 22.1. The summed E-state index contributed by atoms with van der Waals surface area (Å²) in [6, 6.07) is 5.64. The van der Waals surface area contributed by atoms with Gasteiger partial charge in [0.15, 0.2) is 9.84 Å². The zero-order valence-electron chi connectivity index (χ0n) is 17.9. The van der Waals surface area contributed by atoms with Gasteiger partial charge in [0.2, 0.25) is 5.91 Å². The molecule has 6 nitrogen and oxygen atoms in total. The molecular weight excluding hydrogens is 386 g/mol. The van der Waals surface area contributed by atoms with Gasteiger partial charge in [-0.3, -0.25) is 9.69 Å². The van der Waals surface area contributed by atoms with Gasteiger partial charge < -0.3 is 11.1 Å². The summed E-state index contributed by atoms with van der Waals surface area (Å²) in [6.07, 6.45) is 7.91. The minimum Gasteiger partial charge on any atom is -0.397 e. The van der Waals surface area contributed by atoms with E-state index < -0.39 is 9.84 Å². The Bertz CT molecular complexity index is 849. The molecule has 7 heteroatoms. The maximum absolute atomic E-state index is 12.5. The van der Waals surface area contributed by atoms with Crippen molar-refractivity contribution in [3.05, 3.63) is 23.8 Å². The smallest absolute Gasteiger partial charge is 0.234 e. The van der Waals surface area contributed by atoms with Crippen LogP contribution >= 0.6 is 0 Å². The van der Waals surface area contributed by atoms with Gasteiger partial charge in [0.05, 0.1) is 17.1 Å². The summed E-state index contributed by atoms with van der Waals surface area (Å²) < 4.78 is 24.2. The molecule has 29 heavy (non-hydrogen) atoms. The van der Waals surface area contributed by atoms with Crippen molar-refractivity contribution in [3.63, 3.8) is 0 Å². The molecule has 1 aliphatic carbocycles. The van der Waals surface area contributed by atoms with Crippen LogP contribution in [0.4, 0.5) is 5.69 Å². The Hall–Kier alpha value is -1.60. The van der Waals surface area contributed by atoms with Crippen LogP contribution in [0.5, 0.6) is 0 Å². The number of rotatable bonds is 5. The van der Waals surface area contributed by atoms with Gasteiger partial charge in [-0.1, -0.05) is 45.2 Å². The summed E-state index contributed by atoms with van der Waals surface area (Å²) >= 11 is 0. The molecule has 1 aromatic rings. The fraction of sp³-hybridized carbons (Fsp3) is 0.682. The summed E-state index contributed by atoms with van der Waals surface area (Å²) in [5, 5.41) is 3.20. The van der Waals surface area contributed by atoms with Crippen LogP contribution < -0.4 is 11.1 Å². The van der Waals surface area contributed by atoms with Crippen LogP contribution in [0.3, 0.4) is 0 Å². The Morgan fingerprint density at radius 2 is 1.97 bits per heavy atom. The topological polar surface area (TPSA) is 92.5 Å². The molecule has 2 aliphatic rings. The number of nitrogens with one attached hydrogen (secondary N) is 1. The predicted octanol–water partition coefficient (Wildman–Crippen LogP) is 2.72. The van der Waals surface area contributed by atoms with E-state index in [4.69, 9.17) is 5.73 Å². The van der Waals surface area contributed by atoms with Crippen LogP contribution in [0.25, 0.3) is 0 Å². The number of amides is 1. The lowest BCUT2D eigenvalue weighted by Crippen LogP contribution is -2.51. The predicted molar refractivity (Wildman–Crippen MR) is 117 cm³/mol. The van der Waals surface area contributed by atoms with Crippen molar-refractivity contribution in [1.29, 1.82) is 0 Å². The highest BCUT2D eigenvalue weighted by atomic mass is 32.2. The summed E-state index contributed by atoms with van der Waals surface area (Å²) in [5.74, 6) is 0.363. The number of nitrogen functional groups attached to an aromatic ring is 1. The van der Waals surface area contributed by atoms with Crippen molar-refractivity contribution in [1.82, 2.24) is 10.2 Å². The molecule has 1 amide bonds. The van der Waals surface area contributed by atoms with Crippen LogP contribution in [0.15, 0.2) is 23.1 Å². The Balaban J connectivity index is 1.67. The van der Waals surface area contributed by atoms with Gasteiger partial charge in [0, 0.05) is 18.8 Å². The highest BCUT2D eigenvalue weighted by molar-refractivity contribution is 7.90. The third kappa shape index (κ3) is 4.94. The molecular formula is C22H35N3O3S. The van der Waals surface area contributed by atoms with Crippen LogP contribution in [0.2, 0.25) is 0 Å². The van der Waals surface area contributed by atoms with Gasteiger partial charge in [-0.05, 0) is 48.8 Å². The Labute approximate surface area is 175 Å². The standard InChI is InChI=1S/C22H35N3O3S/c1-16-14-25(15-20(26)24-17-8-5-4-6-9-17)13-12-22(16,2)18-10-7-11-19(21(18)23)29(3,27)28/h7,10-11,16-17H,4-6,8-9,12-15,23H2,1-3H3,(H,24,26). The van der Waals surface area contributed by atoms with Gasteiger partial charge >= 0.3 is 0 Å². The van der Waals surface area contributed by atoms with Crippen LogP contribution in [0.1, 0.15) is 57.9 Å². The lowest BCUT2D eigenvalue weighted by molar-refractivity contribution is -0.123. The molecule has 1 saturated carbocycles. The number of piperidine rings is 1. The average Bonchev–Trinajstić information content (AvgIpc) is 2.65. The zero-order chi connectivity index (χ0) is 21.2. The van der Waals surface area contributed by atoms with E-state index in [9.17, 15) is 13.2 Å². The lowest BCUT2D eigenvalue weighted by Gasteiger charge is -2.45. The van der Waals surface area contributed by atoms with Crippen molar-refractivity contribution in [2.75, 3.05) is 31.6 Å². The molecule has 1 heterocycles. The van der Waals surface area contributed by atoms with E-state index in [2.05, 4.69) is 24.1 Å². The SMILES string of the molecule is CC1CN(CC(=O)NC2CCCCC2)CCC1(C)c1cccc(S(C)(=O)=O)c1N. The first-order valence-electron chi connectivity index (χ1n) is 10.7. The quantitative estimate of drug-likeness (QED) is 0.713. The van der Waals surface area contributed by atoms with Crippen molar-refractivity contribution >= 4 is 21.4 Å². The molecule has 3 N–H and O–H groups in total. The summed E-state index contributed by atoms with van der Waals surface area (Å²) in [5.41, 5.74) is 7.36.